The van der Waals surface area contributed by atoms with Gasteiger partial charge in [0, 0.05) is 18.2 Å². The zero-order valence-electron chi connectivity index (χ0n) is 13.1. The van der Waals surface area contributed by atoms with Crippen LogP contribution in [0.3, 0.4) is 0 Å². The van der Waals surface area contributed by atoms with Crippen LogP contribution in [0.15, 0.2) is 18.2 Å². The molecule has 0 radical (unpaired) electrons. The van der Waals surface area contributed by atoms with E-state index in [1.807, 2.05) is 27.7 Å². The summed E-state index contributed by atoms with van der Waals surface area (Å²) in [5.74, 6) is 5.25. The molecule has 4 heteroatoms. The number of carbonyl (C=O) groups excluding carboxylic acids is 1. The molecule has 0 heterocycles. The fourth-order valence-corrected chi connectivity index (χ4v) is 2.03. The van der Waals surface area contributed by atoms with Gasteiger partial charge in [-0.3, -0.25) is 4.79 Å². The predicted octanol–water partition coefficient (Wildman–Crippen LogP) is 2.64. The maximum atomic E-state index is 13.5. The third-order valence-electron chi connectivity index (χ3n) is 2.98. The van der Waals surface area contributed by atoms with Crippen molar-refractivity contribution < 1.29 is 9.18 Å². The molecule has 1 rings (SSSR count). The Bertz CT molecular complexity index is 556. The van der Waals surface area contributed by atoms with Crippen molar-refractivity contribution in [1.82, 2.24) is 4.90 Å². The quantitative estimate of drug-likeness (QED) is 0.867. The van der Waals surface area contributed by atoms with E-state index in [0.29, 0.717) is 23.6 Å². The van der Waals surface area contributed by atoms with E-state index in [1.165, 1.54) is 18.2 Å². The average Bonchev–Trinajstić information content (AvgIpc) is 2.42. The van der Waals surface area contributed by atoms with E-state index in [2.05, 4.69) is 11.8 Å². The summed E-state index contributed by atoms with van der Waals surface area (Å²) in [5, 5.41) is 0. The summed E-state index contributed by atoms with van der Waals surface area (Å²) in [6, 6.07) is 4.12. The van der Waals surface area contributed by atoms with E-state index in [4.69, 9.17) is 5.73 Å². The number of nitrogens with zero attached hydrogens (tertiary/aromatic N) is 1. The van der Waals surface area contributed by atoms with E-state index in [9.17, 15) is 9.18 Å². The molecule has 0 unspecified atom stereocenters. The molecule has 0 bridgehead atoms. The SMILES string of the molecule is CC(C)CN(C(=O)c1cc(F)ccc1C#CCN)C(C)C. The normalized spacial score (nSPS) is 10.5. The minimum absolute atomic E-state index is 0.0403. The van der Waals surface area contributed by atoms with Crippen LogP contribution in [0.2, 0.25) is 0 Å². The largest absolute Gasteiger partial charge is 0.336 e. The van der Waals surface area contributed by atoms with E-state index in [1.54, 1.807) is 4.90 Å². The first-order valence-electron chi connectivity index (χ1n) is 7.16. The second kappa shape index (κ2) is 7.80. The average molecular weight is 290 g/mol. The number of halogens is 1. The molecule has 0 aliphatic rings. The second-order valence-corrected chi connectivity index (χ2v) is 5.64. The Hall–Kier alpha value is -1.86. The van der Waals surface area contributed by atoms with Crippen molar-refractivity contribution in [3.05, 3.63) is 35.1 Å². The summed E-state index contributed by atoms with van der Waals surface area (Å²) in [5.41, 5.74) is 6.17. The topological polar surface area (TPSA) is 46.3 Å². The van der Waals surface area contributed by atoms with Gasteiger partial charge in [0.15, 0.2) is 0 Å². The lowest BCUT2D eigenvalue weighted by Crippen LogP contribution is -2.39. The summed E-state index contributed by atoms with van der Waals surface area (Å²) >= 11 is 0. The number of benzene rings is 1. The molecule has 0 saturated heterocycles. The van der Waals surface area contributed by atoms with E-state index in [-0.39, 0.29) is 18.5 Å². The van der Waals surface area contributed by atoms with Gasteiger partial charge >= 0.3 is 0 Å². The van der Waals surface area contributed by atoms with Gasteiger partial charge in [0.25, 0.3) is 5.91 Å². The van der Waals surface area contributed by atoms with Gasteiger partial charge < -0.3 is 10.6 Å². The molecule has 2 N–H and O–H groups in total. The minimum Gasteiger partial charge on any atom is -0.336 e. The molecule has 114 valence electrons. The number of carbonyl (C=O) groups is 1. The molecule has 1 amide bonds. The first-order valence-corrected chi connectivity index (χ1v) is 7.16. The number of hydrogen-bond acceptors (Lipinski definition) is 2. The lowest BCUT2D eigenvalue weighted by atomic mass is 10.0. The first kappa shape index (κ1) is 17.2. The third-order valence-corrected chi connectivity index (χ3v) is 2.98. The van der Waals surface area contributed by atoms with Crippen molar-refractivity contribution in [2.45, 2.75) is 33.7 Å². The highest BCUT2D eigenvalue weighted by Gasteiger charge is 2.22. The maximum Gasteiger partial charge on any atom is 0.255 e. The Labute approximate surface area is 126 Å². The number of nitrogens with two attached hydrogens (primary N) is 1. The third kappa shape index (κ3) is 4.87. The zero-order chi connectivity index (χ0) is 16.0. The Morgan fingerprint density at radius 2 is 2.00 bits per heavy atom. The minimum atomic E-state index is -0.440. The van der Waals surface area contributed by atoms with Crippen molar-refractivity contribution in [2.24, 2.45) is 11.7 Å². The molecule has 0 saturated carbocycles. The van der Waals surface area contributed by atoms with E-state index in [0.717, 1.165) is 0 Å². The number of amides is 1. The summed E-state index contributed by atoms with van der Waals surface area (Å²) < 4.78 is 13.5. The highest BCUT2D eigenvalue weighted by Crippen LogP contribution is 2.16. The Balaban J connectivity index is 3.22. The fourth-order valence-electron chi connectivity index (χ4n) is 2.03. The molecule has 0 aromatic heterocycles. The number of hydrogen-bond donors (Lipinski definition) is 1. The van der Waals surface area contributed by atoms with E-state index >= 15 is 0 Å². The van der Waals surface area contributed by atoms with Gasteiger partial charge in [-0.25, -0.2) is 4.39 Å². The predicted molar refractivity (Wildman–Crippen MR) is 83.3 cm³/mol. The van der Waals surface area contributed by atoms with Crippen molar-refractivity contribution in [1.29, 1.82) is 0 Å². The molecule has 1 aromatic rings. The summed E-state index contributed by atoms with van der Waals surface area (Å²) in [6.45, 7) is 8.81. The smallest absolute Gasteiger partial charge is 0.255 e. The molecule has 1 aromatic carbocycles. The first-order chi connectivity index (χ1) is 9.86. The summed E-state index contributed by atoms with van der Waals surface area (Å²) in [6.07, 6.45) is 0. The van der Waals surface area contributed by atoms with Crippen LogP contribution in [0.4, 0.5) is 4.39 Å². The molecule has 3 nitrogen and oxygen atoms in total. The van der Waals surface area contributed by atoms with Crippen LogP contribution in [0.5, 0.6) is 0 Å². The van der Waals surface area contributed by atoms with Crippen LogP contribution in [0, 0.1) is 23.6 Å². The van der Waals surface area contributed by atoms with Crippen LogP contribution >= 0.6 is 0 Å². The molecule has 0 fully saturated rings. The van der Waals surface area contributed by atoms with Crippen LogP contribution in [-0.4, -0.2) is 29.9 Å². The molecule has 0 aliphatic carbocycles. The fraction of sp³-hybridized carbons (Fsp3) is 0.471. The molecular weight excluding hydrogens is 267 g/mol. The second-order valence-electron chi connectivity index (χ2n) is 5.64. The van der Waals surface area contributed by atoms with Gasteiger partial charge in [0.05, 0.1) is 12.1 Å². The van der Waals surface area contributed by atoms with Crippen LogP contribution in [0.25, 0.3) is 0 Å². The van der Waals surface area contributed by atoms with Crippen molar-refractivity contribution in [3.8, 4) is 11.8 Å². The standard InChI is InChI=1S/C17H23FN2O/c1-12(2)11-20(13(3)4)17(21)16-10-15(18)8-7-14(16)6-5-9-19/h7-8,10,12-13H,9,11,19H2,1-4H3. The van der Waals surface area contributed by atoms with Gasteiger partial charge in [0.1, 0.15) is 5.82 Å². The molecule has 0 aliphatic heterocycles. The van der Waals surface area contributed by atoms with Gasteiger partial charge in [-0.2, -0.15) is 0 Å². The Morgan fingerprint density at radius 3 is 2.52 bits per heavy atom. The lowest BCUT2D eigenvalue weighted by Gasteiger charge is -2.29. The highest BCUT2D eigenvalue weighted by atomic mass is 19.1. The Kier molecular flexibility index (Phi) is 6.39. The molecule has 21 heavy (non-hydrogen) atoms. The van der Waals surface area contributed by atoms with Crippen LogP contribution < -0.4 is 5.73 Å². The van der Waals surface area contributed by atoms with Crippen LogP contribution in [-0.2, 0) is 0 Å². The summed E-state index contributed by atoms with van der Waals surface area (Å²) in [7, 11) is 0. The Morgan fingerprint density at radius 1 is 1.33 bits per heavy atom. The van der Waals surface area contributed by atoms with Crippen LogP contribution in [0.1, 0.15) is 43.6 Å². The van der Waals surface area contributed by atoms with Gasteiger partial charge in [-0.15, -0.1) is 0 Å². The van der Waals surface area contributed by atoms with Crippen molar-refractivity contribution in [2.75, 3.05) is 13.1 Å². The lowest BCUT2D eigenvalue weighted by molar-refractivity contribution is 0.0681. The summed E-state index contributed by atoms with van der Waals surface area (Å²) in [4.78, 5) is 14.5. The maximum absolute atomic E-state index is 13.5. The van der Waals surface area contributed by atoms with E-state index < -0.39 is 5.82 Å². The monoisotopic (exact) mass is 290 g/mol. The van der Waals surface area contributed by atoms with Crippen molar-refractivity contribution >= 4 is 5.91 Å². The van der Waals surface area contributed by atoms with Crippen molar-refractivity contribution in [3.63, 3.8) is 0 Å². The molecular formula is C17H23FN2O. The number of rotatable bonds is 4. The molecule has 0 spiro atoms. The van der Waals surface area contributed by atoms with Gasteiger partial charge in [0.2, 0.25) is 0 Å². The highest BCUT2D eigenvalue weighted by molar-refractivity contribution is 5.97. The zero-order valence-corrected chi connectivity index (χ0v) is 13.1. The molecule has 0 atom stereocenters. The van der Waals surface area contributed by atoms with Gasteiger partial charge in [-0.05, 0) is 38.0 Å². The van der Waals surface area contributed by atoms with Gasteiger partial charge in [-0.1, -0.05) is 25.7 Å².